The summed E-state index contributed by atoms with van der Waals surface area (Å²) in [6, 6.07) is 7.19. The second-order valence-electron chi connectivity index (χ2n) is 8.03. The number of ether oxygens (including phenoxy) is 2. The molecule has 4 aromatic heterocycles. The minimum atomic E-state index is -1.13. The molecule has 0 saturated heterocycles. The molecule has 7 nitrogen and oxygen atoms in total. The fourth-order valence-electron chi connectivity index (χ4n) is 3.13. The topological polar surface area (TPSA) is 67.0 Å². The molecule has 8 heteroatoms. The molecule has 0 aliphatic rings. The fourth-order valence-corrected chi connectivity index (χ4v) is 3.88. The monoisotopic (exact) mass is 395 g/mol. The first-order chi connectivity index (χ1) is 13.5. The third-order valence-corrected chi connectivity index (χ3v) is 6.45. The van der Waals surface area contributed by atoms with Gasteiger partial charge in [-0.05, 0) is 24.2 Å². The lowest BCUT2D eigenvalue weighted by molar-refractivity contribution is 0.0925. The maximum atomic E-state index is 6.02. The van der Waals surface area contributed by atoms with E-state index in [1.807, 2.05) is 30.7 Å². The summed E-state index contributed by atoms with van der Waals surface area (Å²) in [6.07, 6.45) is 7.16. The molecule has 0 N–H and O–H groups in total. The van der Waals surface area contributed by atoms with Crippen LogP contribution in [0.2, 0.25) is 25.7 Å². The summed E-state index contributed by atoms with van der Waals surface area (Å²) in [4.78, 5) is 9.17. The third-order valence-electron chi connectivity index (χ3n) is 4.74. The summed E-state index contributed by atoms with van der Waals surface area (Å²) in [6.45, 7) is 8.27. The van der Waals surface area contributed by atoms with Crippen LogP contribution in [-0.4, -0.2) is 46.1 Å². The predicted octanol–water partition coefficient (Wildman–Crippen LogP) is 4.09. The van der Waals surface area contributed by atoms with Gasteiger partial charge in [0.05, 0.1) is 31.2 Å². The molecule has 4 rings (SSSR count). The van der Waals surface area contributed by atoms with Gasteiger partial charge in [0, 0.05) is 31.7 Å². The van der Waals surface area contributed by atoms with Crippen LogP contribution in [0.3, 0.4) is 0 Å². The van der Waals surface area contributed by atoms with Crippen molar-refractivity contribution in [3.8, 4) is 11.6 Å². The van der Waals surface area contributed by atoms with Gasteiger partial charge >= 0.3 is 0 Å². The molecule has 0 saturated carbocycles. The summed E-state index contributed by atoms with van der Waals surface area (Å²) < 4.78 is 15.1. The summed E-state index contributed by atoms with van der Waals surface area (Å²) in [5, 5.41) is 6.53. The number of nitrogens with zero attached hydrogens (tertiary/aromatic N) is 5. The van der Waals surface area contributed by atoms with Crippen molar-refractivity contribution in [2.45, 2.75) is 32.4 Å². The first kappa shape index (κ1) is 18.6. The molecule has 0 atom stereocenters. The van der Waals surface area contributed by atoms with Gasteiger partial charge in [0.25, 0.3) is 0 Å². The highest BCUT2D eigenvalue weighted by Gasteiger charge is 2.15. The van der Waals surface area contributed by atoms with Gasteiger partial charge in [-0.15, -0.1) is 0 Å². The van der Waals surface area contributed by atoms with Gasteiger partial charge in [-0.1, -0.05) is 19.6 Å². The van der Waals surface area contributed by atoms with Crippen LogP contribution in [0.4, 0.5) is 0 Å². The van der Waals surface area contributed by atoms with Crippen molar-refractivity contribution in [3.63, 3.8) is 0 Å². The molecule has 0 aliphatic carbocycles. The predicted molar refractivity (Wildman–Crippen MR) is 113 cm³/mol. The zero-order valence-electron chi connectivity index (χ0n) is 16.7. The van der Waals surface area contributed by atoms with Gasteiger partial charge in [-0.25, -0.2) is 9.67 Å². The number of pyridine rings is 2. The quantitative estimate of drug-likeness (QED) is 0.348. The fraction of sp³-hybridized carbons (Fsp3) is 0.350. The zero-order valence-corrected chi connectivity index (χ0v) is 17.7. The minimum Gasteiger partial charge on any atom is -0.493 e. The number of fused-ring (bicyclic) bond motifs is 3. The molecule has 4 aromatic rings. The second kappa shape index (κ2) is 7.37. The Morgan fingerprint density at radius 3 is 2.68 bits per heavy atom. The highest BCUT2D eigenvalue weighted by Crippen LogP contribution is 2.28. The van der Waals surface area contributed by atoms with Gasteiger partial charge < -0.3 is 9.47 Å². The molecule has 0 aliphatic heterocycles. The van der Waals surface area contributed by atoms with Crippen LogP contribution in [-0.2, 0) is 11.5 Å². The van der Waals surface area contributed by atoms with Gasteiger partial charge in [0.1, 0.15) is 12.4 Å². The number of aromatic nitrogens is 5. The Labute approximate surface area is 164 Å². The molecule has 0 radical (unpaired) electrons. The number of hydrogen-bond donors (Lipinski definition) is 0. The number of hydrogen-bond acceptors (Lipinski definition) is 5. The Kier molecular flexibility index (Phi) is 4.90. The van der Waals surface area contributed by atoms with Crippen LogP contribution in [0.5, 0.6) is 5.75 Å². The van der Waals surface area contributed by atoms with E-state index in [1.54, 1.807) is 18.0 Å². The van der Waals surface area contributed by atoms with E-state index < -0.39 is 8.07 Å². The first-order valence-corrected chi connectivity index (χ1v) is 13.1. The molecule has 0 amide bonds. The maximum absolute atomic E-state index is 6.02. The summed E-state index contributed by atoms with van der Waals surface area (Å²) >= 11 is 0. The van der Waals surface area contributed by atoms with Crippen LogP contribution in [0.15, 0.2) is 43.0 Å². The highest BCUT2D eigenvalue weighted by molar-refractivity contribution is 6.76. The number of rotatable bonds is 7. The third kappa shape index (κ3) is 3.65. The maximum Gasteiger partial charge on any atom is 0.157 e. The normalized spacial score (nSPS) is 12.1. The standard InChI is InChI=1S/C20H25N5O2Si/c1-26-15-11-22-25(13-15)19-6-5-17-16-7-8-21-12-18(16)24(20(17)23-19)14-27-9-10-28(2,3)4/h5-8,11-13H,9-10,14H2,1-4H3. The average molecular weight is 396 g/mol. The van der Waals surface area contributed by atoms with E-state index in [9.17, 15) is 0 Å². The van der Waals surface area contributed by atoms with E-state index in [4.69, 9.17) is 14.5 Å². The van der Waals surface area contributed by atoms with Crippen LogP contribution in [0, 0.1) is 0 Å². The lowest BCUT2D eigenvalue weighted by atomic mass is 10.2. The SMILES string of the molecule is COc1cnn(-c2ccc3c4ccncc4n(COCC[Si](C)(C)C)c3n2)c1. The molecule has 0 fully saturated rings. The van der Waals surface area contributed by atoms with Crippen molar-refractivity contribution in [2.24, 2.45) is 0 Å². The van der Waals surface area contributed by atoms with E-state index in [0.717, 1.165) is 40.4 Å². The Morgan fingerprint density at radius 2 is 1.93 bits per heavy atom. The van der Waals surface area contributed by atoms with Gasteiger partial charge in [0.15, 0.2) is 11.6 Å². The Bertz CT molecular complexity index is 1110. The van der Waals surface area contributed by atoms with Crippen molar-refractivity contribution in [2.75, 3.05) is 13.7 Å². The molecule has 28 heavy (non-hydrogen) atoms. The van der Waals surface area contributed by atoms with Crippen molar-refractivity contribution in [1.29, 1.82) is 0 Å². The van der Waals surface area contributed by atoms with Crippen LogP contribution < -0.4 is 4.74 Å². The Balaban J connectivity index is 1.73. The molecule has 0 spiro atoms. The van der Waals surface area contributed by atoms with E-state index >= 15 is 0 Å². The largest absolute Gasteiger partial charge is 0.493 e. The Hall–Kier alpha value is -2.71. The molecular weight excluding hydrogens is 370 g/mol. The van der Waals surface area contributed by atoms with Crippen molar-refractivity contribution in [3.05, 3.63) is 43.0 Å². The van der Waals surface area contributed by atoms with E-state index in [1.165, 1.54) is 0 Å². The van der Waals surface area contributed by atoms with Crippen LogP contribution in [0.1, 0.15) is 0 Å². The minimum absolute atomic E-state index is 0.453. The molecule has 4 heterocycles. The lowest BCUT2D eigenvalue weighted by Crippen LogP contribution is -2.22. The second-order valence-corrected chi connectivity index (χ2v) is 13.7. The molecule has 0 unspecified atom stereocenters. The summed E-state index contributed by atoms with van der Waals surface area (Å²) in [5.74, 6) is 1.43. The van der Waals surface area contributed by atoms with Crippen LogP contribution in [0.25, 0.3) is 27.8 Å². The molecule has 0 bridgehead atoms. The molecular formula is C20H25N5O2Si. The zero-order chi connectivity index (χ0) is 19.7. The first-order valence-electron chi connectivity index (χ1n) is 9.36. The van der Waals surface area contributed by atoms with E-state index in [2.05, 4.69) is 40.4 Å². The summed E-state index contributed by atoms with van der Waals surface area (Å²) in [7, 11) is 0.499. The molecule has 0 aromatic carbocycles. The van der Waals surface area contributed by atoms with Gasteiger partial charge in [0.2, 0.25) is 0 Å². The van der Waals surface area contributed by atoms with E-state index in [0.29, 0.717) is 12.5 Å². The number of methoxy groups -OCH3 is 1. The van der Waals surface area contributed by atoms with Crippen molar-refractivity contribution in [1.82, 2.24) is 24.3 Å². The van der Waals surface area contributed by atoms with Crippen LogP contribution >= 0.6 is 0 Å². The van der Waals surface area contributed by atoms with Gasteiger partial charge in [-0.2, -0.15) is 5.10 Å². The molecule has 146 valence electrons. The lowest BCUT2D eigenvalue weighted by Gasteiger charge is -2.16. The summed E-state index contributed by atoms with van der Waals surface area (Å²) in [5.41, 5.74) is 1.89. The van der Waals surface area contributed by atoms with Crippen molar-refractivity contribution < 1.29 is 9.47 Å². The highest BCUT2D eigenvalue weighted by atomic mass is 28.3. The smallest absolute Gasteiger partial charge is 0.157 e. The van der Waals surface area contributed by atoms with Gasteiger partial charge in [-0.3, -0.25) is 9.55 Å². The average Bonchev–Trinajstić information content (AvgIpc) is 3.27. The Morgan fingerprint density at radius 1 is 1.07 bits per heavy atom. The van der Waals surface area contributed by atoms with Crippen molar-refractivity contribution >= 4 is 30.0 Å². The van der Waals surface area contributed by atoms with E-state index in [-0.39, 0.29) is 0 Å².